The Morgan fingerprint density at radius 2 is 1.64 bits per heavy atom. The fraction of sp³-hybridized carbons (Fsp3) is 0.238. The van der Waals surface area contributed by atoms with Gasteiger partial charge in [-0.05, 0) is 25.5 Å². The third-order valence-electron chi connectivity index (χ3n) is 4.42. The summed E-state index contributed by atoms with van der Waals surface area (Å²) >= 11 is 0. The smallest absolute Gasteiger partial charge is 0.295 e. The molecule has 2 aromatic carbocycles. The lowest BCUT2D eigenvalue weighted by atomic mass is 10.1. The van der Waals surface area contributed by atoms with Crippen LogP contribution in [0.4, 0.5) is 0 Å². The summed E-state index contributed by atoms with van der Waals surface area (Å²) in [6.45, 7) is 4.28. The Morgan fingerprint density at radius 3 is 2.32 bits per heavy atom. The number of ketones is 1. The highest BCUT2D eigenvalue weighted by Gasteiger charge is 2.27. The molecule has 1 aromatic heterocycles. The van der Waals surface area contributed by atoms with Crippen LogP contribution in [0.2, 0.25) is 0 Å². The van der Waals surface area contributed by atoms with Crippen LogP contribution >= 0.6 is 0 Å². The summed E-state index contributed by atoms with van der Waals surface area (Å²) in [6.07, 6.45) is 1.74. The summed E-state index contributed by atoms with van der Waals surface area (Å²) < 4.78 is 1.88. The monoisotopic (exact) mass is 334 g/mol. The quantitative estimate of drug-likeness (QED) is 0.526. The summed E-state index contributed by atoms with van der Waals surface area (Å²) in [5.41, 5.74) is 2.41. The molecule has 0 bridgehead atoms. The molecule has 128 valence electrons. The van der Waals surface area contributed by atoms with Crippen LogP contribution in [-0.2, 0) is 18.4 Å². The summed E-state index contributed by atoms with van der Waals surface area (Å²) in [5, 5.41) is 0.812. The molecule has 0 saturated carbocycles. The number of benzene rings is 2. The van der Waals surface area contributed by atoms with Crippen molar-refractivity contribution in [1.82, 2.24) is 9.47 Å². The Kier molecular flexibility index (Phi) is 4.70. The van der Waals surface area contributed by atoms with Gasteiger partial charge in [0.15, 0.2) is 0 Å². The number of rotatable bonds is 5. The van der Waals surface area contributed by atoms with E-state index in [0.29, 0.717) is 12.1 Å². The first-order valence-electron chi connectivity index (χ1n) is 8.42. The molecule has 0 aliphatic heterocycles. The number of aryl methyl sites for hydroxylation is 1. The Morgan fingerprint density at radius 1 is 1.00 bits per heavy atom. The molecule has 0 fully saturated rings. The highest BCUT2D eigenvalue weighted by atomic mass is 16.2. The molecule has 0 spiro atoms. The number of amides is 1. The number of hydrogen-bond donors (Lipinski definition) is 0. The van der Waals surface area contributed by atoms with Gasteiger partial charge in [0.25, 0.3) is 11.7 Å². The second-order valence-electron chi connectivity index (χ2n) is 6.51. The minimum absolute atomic E-state index is 0.0633. The second kappa shape index (κ2) is 6.93. The highest BCUT2D eigenvalue weighted by Crippen LogP contribution is 2.22. The third kappa shape index (κ3) is 3.33. The van der Waals surface area contributed by atoms with Gasteiger partial charge >= 0.3 is 0 Å². The predicted molar refractivity (Wildman–Crippen MR) is 99.4 cm³/mol. The van der Waals surface area contributed by atoms with E-state index in [1.54, 1.807) is 11.1 Å². The zero-order chi connectivity index (χ0) is 18.0. The molecule has 1 amide bonds. The third-order valence-corrected chi connectivity index (χ3v) is 4.42. The van der Waals surface area contributed by atoms with Gasteiger partial charge in [-0.25, -0.2) is 0 Å². The average molecular weight is 334 g/mol. The van der Waals surface area contributed by atoms with E-state index in [2.05, 4.69) is 0 Å². The fourth-order valence-electron chi connectivity index (χ4n) is 3.04. The summed E-state index contributed by atoms with van der Waals surface area (Å²) in [7, 11) is 1.88. The van der Waals surface area contributed by atoms with Crippen molar-refractivity contribution in [3.05, 3.63) is 71.9 Å². The number of para-hydroxylation sites is 1. The molecular formula is C21H22N2O2. The molecule has 3 aromatic rings. The highest BCUT2D eigenvalue weighted by molar-refractivity contribution is 6.44. The van der Waals surface area contributed by atoms with Gasteiger partial charge in [0.2, 0.25) is 0 Å². The maximum absolute atomic E-state index is 12.9. The van der Waals surface area contributed by atoms with E-state index in [9.17, 15) is 9.59 Å². The minimum Gasteiger partial charge on any atom is -0.350 e. The van der Waals surface area contributed by atoms with Crippen LogP contribution in [0, 0.1) is 0 Å². The van der Waals surface area contributed by atoms with Crippen LogP contribution in [0.5, 0.6) is 0 Å². The van der Waals surface area contributed by atoms with Gasteiger partial charge in [0.1, 0.15) is 0 Å². The lowest BCUT2D eigenvalue weighted by Gasteiger charge is -2.26. The SMILES string of the molecule is CC(C)N(Cc1ccccc1)C(=O)C(=O)c1cn(C)c2ccccc12. The molecule has 0 saturated heterocycles. The van der Waals surface area contributed by atoms with Gasteiger partial charge in [-0.3, -0.25) is 9.59 Å². The number of hydrogen-bond acceptors (Lipinski definition) is 2. The Labute approximate surface area is 147 Å². The number of carbonyl (C=O) groups excluding carboxylic acids is 2. The minimum atomic E-state index is -0.463. The zero-order valence-electron chi connectivity index (χ0n) is 14.8. The summed E-state index contributed by atoms with van der Waals surface area (Å²) in [6, 6.07) is 17.3. The molecule has 4 heteroatoms. The topological polar surface area (TPSA) is 42.3 Å². The predicted octanol–water partition coefficient (Wildman–Crippen LogP) is 3.80. The molecular weight excluding hydrogens is 312 g/mol. The lowest BCUT2D eigenvalue weighted by Crippen LogP contribution is -2.40. The number of fused-ring (bicyclic) bond motifs is 1. The van der Waals surface area contributed by atoms with E-state index in [0.717, 1.165) is 16.5 Å². The van der Waals surface area contributed by atoms with E-state index >= 15 is 0 Å². The molecule has 4 nitrogen and oxygen atoms in total. The van der Waals surface area contributed by atoms with Crippen LogP contribution in [-0.4, -0.2) is 27.2 Å². The number of nitrogens with zero attached hydrogens (tertiary/aromatic N) is 2. The first kappa shape index (κ1) is 17.0. The normalized spacial score (nSPS) is 11.0. The zero-order valence-corrected chi connectivity index (χ0v) is 14.8. The van der Waals surface area contributed by atoms with Crippen molar-refractivity contribution in [2.24, 2.45) is 7.05 Å². The van der Waals surface area contributed by atoms with Gasteiger partial charge in [-0.15, -0.1) is 0 Å². The second-order valence-corrected chi connectivity index (χ2v) is 6.51. The van der Waals surface area contributed by atoms with Crippen molar-refractivity contribution in [2.75, 3.05) is 0 Å². The molecule has 3 rings (SSSR count). The van der Waals surface area contributed by atoms with E-state index in [-0.39, 0.29) is 6.04 Å². The van der Waals surface area contributed by atoms with E-state index in [1.807, 2.05) is 80.1 Å². The fourth-order valence-corrected chi connectivity index (χ4v) is 3.04. The van der Waals surface area contributed by atoms with Gasteiger partial charge in [0.05, 0.1) is 5.56 Å². The number of Topliss-reactive ketones (excluding diaryl/α,β-unsaturated/α-hetero) is 1. The van der Waals surface area contributed by atoms with Crippen LogP contribution in [0.25, 0.3) is 10.9 Å². The number of aromatic nitrogens is 1. The maximum Gasteiger partial charge on any atom is 0.295 e. The summed E-state index contributed by atoms with van der Waals surface area (Å²) in [4.78, 5) is 27.4. The standard InChI is InChI=1S/C21H22N2O2/c1-15(2)23(13-16-9-5-4-6-10-16)21(25)20(24)18-14-22(3)19-12-8-7-11-17(18)19/h4-12,14-15H,13H2,1-3H3. The first-order chi connectivity index (χ1) is 12.0. The molecule has 0 unspecified atom stereocenters. The molecule has 0 radical (unpaired) electrons. The van der Waals surface area contributed by atoms with Crippen molar-refractivity contribution < 1.29 is 9.59 Å². The van der Waals surface area contributed by atoms with Gasteiger partial charge in [0, 0.05) is 36.7 Å². The average Bonchev–Trinajstić information content (AvgIpc) is 2.96. The van der Waals surface area contributed by atoms with Crippen molar-refractivity contribution in [3.8, 4) is 0 Å². The van der Waals surface area contributed by atoms with E-state index in [4.69, 9.17) is 0 Å². The van der Waals surface area contributed by atoms with Gasteiger partial charge in [-0.1, -0.05) is 48.5 Å². The largest absolute Gasteiger partial charge is 0.350 e. The lowest BCUT2D eigenvalue weighted by molar-refractivity contribution is -0.128. The van der Waals surface area contributed by atoms with Crippen molar-refractivity contribution in [2.45, 2.75) is 26.4 Å². The van der Waals surface area contributed by atoms with Crippen LogP contribution in [0.1, 0.15) is 29.8 Å². The Balaban J connectivity index is 1.92. The molecule has 0 aliphatic rings. The van der Waals surface area contributed by atoms with Crippen molar-refractivity contribution in [3.63, 3.8) is 0 Å². The van der Waals surface area contributed by atoms with Crippen LogP contribution < -0.4 is 0 Å². The molecule has 0 atom stereocenters. The van der Waals surface area contributed by atoms with Crippen LogP contribution in [0.15, 0.2) is 60.8 Å². The molecule has 25 heavy (non-hydrogen) atoms. The first-order valence-corrected chi connectivity index (χ1v) is 8.42. The molecule has 0 aliphatic carbocycles. The van der Waals surface area contributed by atoms with Gasteiger partial charge in [-0.2, -0.15) is 0 Å². The van der Waals surface area contributed by atoms with E-state index < -0.39 is 11.7 Å². The van der Waals surface area contributed by atoms with E-state index in [1.165, 1.54) is 0 Å². The Hall–Kier alpha value is -2.88. The number of carbonyl (C=O) groups is 2. The maximum atomic E-state index is 12.9. The summed E-state index contributed by atoms with van der Waals surface area (Å²) in [5.74, 6) is -0.920. The Bertz CT molecular complexity index is 910. The van der Waals surface area contributed by atoms with Gasteiger partial charge < -0.3 is 9.47 Å². The molecule has 1 heterocycles. The van der Waals surface area contributed by atoms with Crippen LogP contribution in [0.3, 0.4) is 0 Å². The molecule has 0 N–H and O–H groups in total. The van der Waals surface area contributed by atoms with Crippen molar-refractivity contribution >= 4 is 22.6 Å². The van der Waals surface area contributed by atoms with Crippen molar-refractivity contribution in [1.29, 1.82) is 0 Å².